The van der Waals surface area contributed by atoms with E-state index in [9.17, 15) is 14.7 Å². The molecule has 1 aromatic carbocycles. The van der Waals surface area contributed by atoms with Crippen LogP contribution in [0.15, 0.2) is 49.2 Å². The molecule has 5 nitrogen and oxygen atoms in total. The van der Waals surface area contributed by atoms with Crippen molar-refractivity contribution in [1.82, 2.24) is 0 Å². The number of rotatable bonds is 4. The Labute approximate surface area is 123 Å². The molecule has 2 unspecified atom stereocenters. The van der Waals surface area contributed by atoms with Crippen LogP contribution in [0.3, 0.4) is 0 Å². The van der Waals surface area contributed by atoms with Crippen LogP contribution in [-0.4, -0.2) is 24.3 Å². The van der Waals surface area contributed by atoms with E-state index >= 15 is 0 Å². The summed E-state index contributed by atoms with van der Waals surface area (Å²) in [5.41, 5.74) is 1.44. The fraction of sp³-hybridized carbons (Fsp3) is 0.250. The van der Waals surface area contributed by atoms with Gasteiger partial charge in [-0.15, -0.1) is 6.58 Å². The third-order valence-corrected chi connectivity index (χ3v) is 3.54. The second-order valence-electron chi connectivity index (χ2n) is 4.74. The largest absolute Gasteiger partial charge is 0.481 e. The lowest BCUT2D eigenvalue weighted by atomic mass is 9.81. The molecule has 0 aliphatic carbocycles. The molecule has 0 fully saturated rings. The van der Waals surface area contributed by atoms with E-state index in [1.807, 2.05) is 12.1 Å². The number of carboxylic acids is 1. The molecular formula is C16H17NO4. The number of hydrogen-bond acceptors (Lipinski definition) is 3. The molecular weight excluding hydrogens is 270 g/mol. The van der Waals surface area contributed by atoms with Crippen molar-refractivity contribution < 1.29 is 19.4 Å². The topological polar surface area (TPSA) is 66.8 Å². The van der Waals surface area contributed by atoms with Gasteiger partial charge in [-0.05, 0) is 18.1 Å². The lowest BCUT2D eigenvalue weighted by Gasteiger charge is -2.30. The maximum absolute atomic E-state index is 11.8. The van der Waals surface area contributed by atoms with Crippen LogP contribution in [0.4, 0.5) is 10.5 Å². The number of amides is 1. The molecule has 1 aromatic rings. The third kappa shape index (κ3) is 2.81. The molecule has 21 heavy (non-hydrogen) atoms. The Kier molecular flexibility index (Phi) is 4.42. The van der Waals surface area contributed by atoms with Gasteiger partial charge in [-0.2, -0.15) is 0 Å². The second-order valence-corrected chi connectivity index (χ2v) is 4.74. The summed E-state index contributed by atoms with van der Waals surface area (Å²) in [6.45, 7) is 3.62. The van der Waals surface area contributed by atoms with Gasteiger partial charge in [0.25, 0.3) is 0 Å². The van der Waals surface area contributed by atoms with Crippen molar-refractivity contribution in [3.63, 3.8) is 0 Å². The molecule has 2 rings (SSSR count). The molecule has 0 aromatic heterocycles. The number of carbonyl (C=O) groups excluding carboxylic acids is 1. The lowest BCUT2D eigenvalue weighted by Crippen LogP contribution is -2.31. The number of hydrogen-bond donors (Lipinski definition) is 1. The average Bonchev–Trinajstić information content (AvgIpc) is 2.51. The third-order valence-electron chi connectivity index (χ3n) is 3.54. The molecule has 1 aliphatic heterocycles. The number of ether oxygens (including phenoxy) is 1. The number of anilines is 1. The number of fused-ring (bicyclic) bond motifs is 1. The highest BCUT2D eigenvalue weighted by molar-refractivity contribution is 5.92. The molecule has 1 N–H and O–H groups in total. The van der Waals surface area contributed by atoms with Crippen LogP contribution in [0.5, 0.6) is 0 Å². The average molecular weight is 287 g/mol. The van der Waals surface area contributed by atoms with Gasteiger partial charge in [0.15, 0.2) is 0 Å². The van der Waals surface area contributed by atoms with Crippen LogP contribution in [0.2, 0.25) is 0 Å². The number of aliphatic carboxylic acids is 1. The number of allylic oxidation sites excluding steroid dienone is 2. The van der Waals surface area contributed by atoms with E-state index in [1.54, 1.807) is 30.5 Å². The van der Waals surface area contributed by atoms with E-state index in [0.29, 0.717) is 12.1 Å². The van der Waals surface area contributed by atoms with E-state index in [4.69, 9.17) is 4.74 Å². The summed E-state index contributed by atoms with van der Waals surface area (Å²) in [5, 5.41) is 9.42. The van der Waals surface area contributed by atoms with Gasteiger partial charge in [-0.3, -0.25) is 9.69 Å². The molecule has 1 aliphatic rings. The summed E-state index contributed by atoms with van der Waals surface area (Å²) in [4.78, 5) is 24.6. The molecule has 1 heterocycles. The number of nitrogens with zero attached hydrogens (tertiary/aromatic N) is 1. The highest BCUT2D eigenvalue weighted by atomic mass is 16.5. The summed E-state index contributed by atoms with van der Waals surface area (Å²) < 4.78 is 4.74. The first-order valence-electron chi connectivity index (χ1n) is 6.58. The predicted octanol–water partition coefficient (Wildman–Crippen LogP) is 3.15. The zero-order valence-electron chi connectivity index (χ0n) is 11.7. The van der Waals surface area contributed by atoms with Crippen molar-refractivity contribution in [3.8, 4) is 0 Å². The van der Waals surface area contributed by atoms with Crippen molar-refractivity contribution in [2.75, 3.05) is 12.0 Å². The SMILES string of the molecule is C=CCC(C(=O)O)C1C=CN(C(=O)OC)c2ccccc21. The van der Waals surface area contributed by atoms with Crippen LogP contribution in [0.1, 0.15) is 17.9 Å². The quantitative estimate of drug-likeness (QED) is 0.864. The first-order chi connectivity index (χ1) is 10.1. The van der Waals surface area contributed by atoms with Gasteiger partial charge < -0.3 is 9.84 Å². The summed E-state index contributed by atoms with van der Waals surface area (Å²) in [6.07, 6.45) is 4.74. The predicted molar refractivity (Wildman–Crippen MR) is 79.1 cm³/mol. The minimum Gasteiger partial charge on any atom is -0.481 e. The van der Waals surface area contributed by atoms with E-state index < -0.39 is 18.0 Å². The monoisotopic (exact) mass is 287 g/mol. The van der Waals surface area contributed by atoms with E-state index in [2.05, 4.69) is 6.58 Å². The zero-order chi connectivity index (χ0) is 15.4. The maximum Gasteiger partial charge on any atom is 0.418 e. The Hall–Kier alpha value is -2.56. The van der Waals surface area contributed by atoms with Crippen LogP contribution < -0.4 is 4.90 Å². The van der Waals surface area contributed by atoms with Gasteiger partial charge in [-0.1, -0.05) is 30.4 Å². The zero-order valence-corrected chi connectivity index (χ0v) is 11.7. The van der Waals surface area contributed by atoms with Crippen molar-refractivity contribution in [3.05, 3.63) is 54.8 Å². The Bertz CT molecular complexity index is 594. The number of benzene rings is 1. The minimum atomic E-state index is -0.883. The van der Waals surface area contributed by atoms with Gasteiger partial charge >= 0.3 is 12.1 Å². The number of carbonyl (C=O) groups is 2. The first-order valence-corrected chi connectivity index (χ1v) is 6.58. The fourth-order valence-corrected chi connectivity index (χ4v) is 2.54. The standard InChI is InChI=1S/C16H17NO4/c1-3-6-13(15(18)19)11-9-10-17(16(20)21-2)14-8-5-4-7-12(11)14/h3-5,7-11,13H,1,6H2,2H3,(H,18,19). The van der Waals surface area contributed by atoms with Crippen LogP contribution in [-0.2, 0) is 9.53 Å². The van der Waals surface area contributed by atoms with Gasteiger partial charge in [0.05, 0.1) is 18.7 Å². The van der Waals surface area contributed by atoms with Crippen molar-refractivity contribution in [1.29, 1.82) is 0 Å². The van der Waals surface area contributed by atoms with Gasteiger partial charge in [0.2, 0.25) is 0 Å². The summed E-state index contributed by atoms with van der Waals surface area (Å²) in [5.74, 6) is -1.80. The molecule has 5 heteroatoms. The van der Waals surface area contributed by atoms with E-state index in [1.165, 1.54) is 12.0 Å². The molecule has 1 amide bonds. The number of carboxylic acid groups (broad SMARTS) is 1. The highest BCUT2D eigenvalue weighted by Crippen LogP contribution is 2.39. The Balaban J connectivity index is 2.45. The van der Waals surface area contributed by atoms with Crippen LogP contribution in [0.25, 0.3) is 0 Å². The van der Waals surface area contributed by atoms with E-state index in [0.717, 1.165) is 5.56 Å². The maximum atomic E-state index is 11.8. The fourth-order valence-electron chi connectivity index (χ4n) is 2.54. The van der Waals surface area contributed by atoms with Gasteiger partial charge in [-0.25, -0.2) is 4.79 Å². The van der Waals surface area contributed by atoms with Gasteiger partial charge in [0.1, 0.15) is 0 Å². The van der Waals surface area contributed by atoms with Crippen LogP contribution >= 0.6 is 0 Å². The Morgan fingerprint density at radius 2 is 2.19 bits per heavy atom. The summed E-state index contributed by atoms with van der Waals surface area (Å²) in [6, 6.07) is 7.23. The first kappa shape index (κ1) is 14.8. The summed E-state index contributed by atoms with van der Waals surface area (Å²) >= 11 is 0. The Morgan fingerprint density at radius 1 is 1.48 bits per heavy atom. The van der Waals surface area contributed by atoms with Gasteiger partial charge in [0, 0.05) is 12.1 Å². The molecule has 0 radical (unpaired) electrons. The summed E-state index contributed by atoms with van der Waals surface area (Å²) in [7, 11) is 1.31. The van der Waals surface area contributed by atoms with Crippen molar-refractivity contribution in [2.45, 2.75) is 12.3 Å². The molecule has 2 atom stereocenters. The number of methoxy groups -OCH3 is 1. The van der Waals surface area contributed by atoms with Crippen molar-refractivity contribution >= 4 is 17.7 Å². The highest BCUT2D eigenvalue weighted by Gasteiger charge is 2.33. The second kappa shape index (κ2) is 6.26. The van der Waals surface area contributed by atoms with E-state index in [-0.39, 0.29) is 5.92 Å². The number of para-hydroxylation sites is 1. The lowest BCUT2D eigenvalue weighted by molar-refractivity contribution is -0.142. The smallest absolute Gasteiger partial charge is 0.418 e. The van der Waals surface area contributed by atoms with Crippen molar-refractivity contribution in [2.24, 2.45) is 5.92 Å². The normalized spacial score (nSPS) is 17.8. The Morgan fingerprint density at radius 3 is 2.81 bits per heavy atom. The molecule has 0 saturated heterocycles. The molecule has 0 bridgehead atoms. The molecule has 0 spiro atoms. The molecule has 110 valence electrons. The van der Waals surface area contributed by atoms with Crippen LogP contribution in [0, 0.1) is 5.92 Å². The minimum absolute atomic E-state index is 0.308. The molecule has 0 saturated carbocycles.